The first kappa shape index (κ1) is 26.2. The Hall–Kier alpha value is -3.46. The van der Waals surface area contributed by atoms with Gasteiger partial charge in [0.2, 0.25) is 17.7 Å². The standard InChI is InChI=1S/C25H21B4N3O6/c26-15-8-12(9-31-6-7-37-11-19(31)34)21(27)22(28)20(15)23(29)38-17-3-1-2-13-14(17)10-32(25(13)36)16-4-5-18(33)30-24(16)35/h1-3,8,16,23H,4-7,9-11H2,(H,30,33,35). The number of nitrogens with one attached hydrogen (secondary N) is 1. The van der Waals surface area contributed by atoms with E-state index in [9.17, 15) is 19.2 Å². The minimum atomic E-state index is -1.12. The molecule has 2 aromatic carbocycles. The van der Waals surface area contributed by atoms with Crippen molar-refractivity contribution in [2.75, 3.05) is 19.8 Å². The van der Waals surface area contributed by atoms with Gasteiger partial charge in [-0.25, -0.2) is 0 Å². The lowest BCUT2D eigenvalue weighted by Gasteiger charge is -2.30. The molecule has 13 heteroatoms. The lowest BCUT2D eigenvalue weighted by molar-refractivity contribution is -0.143. The van der Waals surface area contributed by atoms with E-state index in [1.54, 1.807) is 29.2 Å². The van der Waals surface area contributed by atoms with Gasteiger partial charge in [0.15, 0.2) is 0 Å². The molecular weight excluding hydrogens is 482 g/mol. The third-order valence-corrected chi connectivity index (χ3v) is 7.09. The molecule has 4 amide bonds. The van der Waals surface area contributed by atoms with Crippen molar-refractivity contribution >= 4 is 71.4 Å². The van der Waals surface area contributed by atoms with Gasteiger partial charge in [0.05, 0.1) is 19.2 Å². The van der Waals surface area contributed by atoms with Crippen LogP contribution < -0.4 is 26.4 Å². The molecule has 3 heterocycles. The van der Waals surface area contributed by atoms with Crippen LogP contribution in [0.5, 0.6) is 5.75 Å². The molecule has 2 aromatic rings. The van der Waals surface area contributed by atoms with Crippen LogP contribution >= 0.6 is 0 Å². The van der Waals surface area contributed by atoms with Crippen LogP contribution in [0.4, 0.5) is 0 Å². The number of nitrogens with zero attached hydrogens (tertiary/aromatic N) is 2. The van der Waals surface area contributed by atoms with Crippen molar-refractivity contribution in [1.82, 2.24) is 15.1 Å². The molecule has 2 unspecified atom stereocenters. The number of piperidine rings is 1. The number of hydrogen-bond acceptors (Lipinski definition) is 6. The molecule has 2 fully saturated rings. The first-order chi connectivity index (χ1) is 18.2. The molecule has 0 aliphatic carbocycles. The van der Waals surface area contributed by atoms with Gasteiger partial charge in [0, 0.05) is 30.6 Å². The highest BCUT2D eigenvalue weighted by Crippen LogP contribution is 2.35. The fourth-order valence-corrected chi connectivity index (χ4v) is 5.05. The second-order valence-electron chi connectivity index (χ2n) is 9.45. The molecule has 9 nitrogen and oxygen atoms in total. The predicted molar refractivity (Wildman–Crippen MR) is 140 cm³/mol. The summed E-state index contributed by atoms with van der Waals surface area (Å²) in [7, 11) is 25.3. The zero-order chi connectivity index (χ0) is 27.1. The van der Waals surface area contributed by atoms with Crippen molar-refractivity contribution in [1.29, 1.82) is 0 Å². The summed E-state index contributed by atoms with van der Waals surface area (Å²) in [6.07, 6.45) is 0.398. The molecule has 2 atom stereocenters. The lowest BCUT2D eigenvalue weighted by Crippen LogP contribution is -2.52. The molecule has 0 bridgehead atoms. The van der Waals surface area contributed by atoms with E-state index >= 15 is 0 Å². The minimum Gasteiger partial charge on any atom is -0.496 e. The van der Waals surface area contributed by atoms with Gasteiger partial charge in [-0.1, -0.05) is 28.5 Å². The molecule has 2 saturated heterocycles. The number of amides is 4. The number of fused-ring (bicyclic) bond motifs is 1. The Bertz CT molecular complexity index is 1350. The van der Waals surface area contributed by atoms with Crippen LogP contribution in [0.15, 0.2) is 24.3 Å². The number of ether oxygens (including phenoxy) is 2. The molecule has 0 spiro atoms. The highest BCUT2D eigenvalue weighted by atomic mass is 16.5. The van der Waals surface area contributed by atoms with Gasteiger partial charge in [0.1, 0.15) is 49.8 Å². The number of rotatable bonds is 6. The summed E-state index contributed by atoms with van der Waals surface area (Å²) in [5.74, 6) is -1.02. The highest BCUT2D eigenvalue weighted by Gasteiger charge is 2.40. The van der Waals surface area contributed by atoms with Crippen LogP contribution in [0, 0.1) is 0 Å². The molecule has 8 radical (unpaired) electrons. The summed E-state index contributed by atoms with van der Waals surface area (Å²) in [4.78, 5) is 52.2. The largest absolute Gasteiger partial charge is 0.496 e. The van der Waals surface area contributed by atoms with E-state index in [2.05, 4.69) is 5.32 Å². The van der Waals surface area contributed by atoms with Crippen molar-refractivity contribution in [2.45, 2.75) is 38.0 Å². The van der Waals surface area contributed by atoms with Crippen molar-refractivity contribution in [3.05, 3.63) is 46.5 Å². The van der Waals surface area contributed by atoms with Crippen LogP contribution in [0.2, 0.25) is 0 Å². The summed E-state index contributed by atoms with van der Waals surface area (Å²) in [6, 6.07) is 4.69. The lowest BCUT2D eigenvalue weighted by atomic mass is 9.67. The number of carbonyl (C=O) groups is 4. The maximum atomic E-state index is 13.1. The van der Waals surface area contributed by atoms with E-state index in [1.807, 2.05) is 0 Å². The summed E-state index contributed by atoms with van der Waals surface area (Å²) in [5.41, 5.74) is 2.43. The second kappa shape index (κ2) is 10.4. The van der Waals surface area contributed by atoms with Gasteiger partial charge < -0.3 is 19.3 Å². The molecule has 5 rings (SSSR count). The Labute approximate surface area is 225 Å². The van der Waals surface area contributed by atoms with E-state index in [0.717, 1.165) is 0 Å². The smallest absolute Gasteiger partial charge is 0.255 e. The van der Waals surface area contributed by atoms with Gasteiger partial charge in [0.25, 0.3) is 5.91 Å². The summed E-state index contributed by atoms with van der Waals surface area (Å²) >= 11 is 0. The van der Waals surface area contributed by atoms with Gasteiger partial charge in [-0.2, -0.15) is 0 Å². The average Bonchev–Trinajstić information content (AvgIpc) is 3.21. The van der Waals surface area contributed by atoms with Crippen molar-refractivity contribution < 1.29 is 28.7 Å². The summed E-state index contributed by atoms with van der Waals surface area (Å²) in [5, 5.41) is 2.28. The Morgan fingerprint density at radius 1 is 1.13 bits per heavy atom. The third kappa shape index (κ3) is 4.75. The Morgan fingerprint density at radius 3 is 2.66 bits per heavy atom. The van der Waals surface area contributed by atoms with Gasteiger partial charge in [-0.3, -0.25) is 24.5 Å². The number of hydrogen-bond donors (Lipinski definition) is 1. The first-order valence-electron chi connectivity index (χ1n) is 12.2. The van der Waals surface area contributed by atoms with Crippen LogP contribution in [-0.4, -0.2) is 90.6 Å². The van der Waals surface area contributed by atoms with Gasteiger partial charge >= 0.3 is 0 Å². The van der Waals surface area contributed by atoms with Crippen LogP contribution in [-0.2, 0) is 32.2 Å². The molecular formula is C25H21B4N3O6. The van der Waals surface area contributed by atoms with E-state index in [4.69, 9.17) is 40.9 Å². The summed E-state index contributed by atoms with van der Waals surface area (Å²) in [6.45, 7) is 1.20. The number of carbonyl (C=O) groups excluding carboxylic acids is 4. The molecule has 3 aliphatic rings. The van der Waals surface area contributed by atoms with Crippen LogP contribution in [0.3, 0.4) is 0 Å². The van der Waals surface area contributed by atoms with Gasteiger partial charge in [-0.05, 0) is 29.7 Å². The Morgan fingerprint density at radius 2 is 1.92 bits per heavy atom. The monoisotopic (exact) mass is 503 g/mol. The number of imide groups is 1. The maximum Gasteiger partial charge on any atom is 0.255 e. The van der Waals surface area contributed by atoms with Crippen molar-refractivity contribution in [3.63, 3.8) is 0 Å². The quantitative estimate of drug-likeness (QED) is 0.344. The first-order valence-corrected chi connectivity index (χ1v) is 12.2. The zero-order valence-electron chi connectivity index (χ0n) is 20.6. The van der Waals surface area contributed by atoms with Crippen molar-refractivity contribution in [2.24, 2.45) is 0 Å². The normalized spacial score (nSPS) is 20.4. The molecule has 184 valence electrons. The number of benzene rings is 2. The Kier molecular flexibility index (Phi) is 7.13. The SMILES string of the molecule is [B]c1cc(CN2CCOCC2=O)c([B])c([B])c1C([B])Oc1cccc2c1CN(C1CCC(=O)NC1=O)C2=O. The van der Waals surface area contributed by atoms with Crippen LogP contribution in [0.25, 0.3) is 0 Å². The van der Waals surface area contributed by atoms with E-state index in [0.29, 0.717) is 35.6 Å². The van der Waals surface area contributed by atoms with Crippen molar-refractivity contribution in [3.8, 4) is 5.75 Å². The molecule has 0 saturated carbocycles. The molecule has 3 aliphatic heterocycles. The number of morpholine rings is 1. The molecule has 0 aromatic heterocycles. The van der Waals surface area contributed by atoms with E-state index in [-0.39, 0.29) is 72.2 Å². The zero-order valence-corrected chi connectivity index (χ0v) is 20.6. The van der Waals surface area contributed by atoms with Gasteiger partial charge in [-0.15, -0.1) is 0 Å². The average molecular weight is 503 g/mol. The topological polar surface area (TPSA) is 105 Å². The highest BCUT2D eigenvalue weighted by molar-refractivity contribution is 6.52. The van der Waals surface area contributed by atoms with E-state index in [1.165, 1.54) is 4.90 Å². The molecule has 38 heavy (non-hydrogen) atoms. The predicted octanol–water partition coefficient (Wildman–Crippen LogP) is -2.57. The minimum absolute atomic E-state index is 0.00649. The van der Waals surface area contributed by atoms with Crippen LogP contribution in [0.1, 0.15) is 45.9 Å². The fraction of sp³-hybridized carbons (Fsp3) is 0.360. The second-order valence-corrected chi connectivity index (χ2v) is 9.45. The summed E-state index contributed by atoms with van der Waals surface area (Å²) < 4.78 is 11.2. The maximum absolute atomic E-state index is 13.1. The third-order valence-electron chi connectivity index (χ3n) is 7.09. The molecule has 1 N–H and O–H groups in total. The fourth-order valence-electron chi connectivity index (χ4n) is 5.05. The Balaban J connectivity index is 1.37. The van der Waals surface area contributed by atoms with E-state index < -0.39 is 18.0 Å².